The highest BCUT2D eigenvalue weighted by Gasteiger charge is 2.13. The van der Waals surface area contributed by atoms with Crippen molar-refractivity contribution in [2.75, 3.05) is 19.8 Å². The van der Waals surface area contributed by atoms with E-state index >= 15 is 0 Å². The van der Waals surface area contributed by atoms with E-state index in [0.717, 1.165) is 5.75 Å². The molecule has 150 valence electrons. The molecule has 0 unspecified atom stereocenters. The van der Waals surface area contributed by atoms with Gasteiger partial charge in [-0.25, -0.2) is 4.79 Å². The maximum absolute atomic E-state index is 12.1. The molecule has 0 radical (unpaired) electrons. The second kappa shape index (κ2) is 9.78. The lowest BCUT2D eigenvalue weighted by Crippen LogP contribution is -2.20. The Labute approximate surface area is 165 Å². The number of carbonyl (C=O) groups excluding carboxylic acids is 2. The van der Waals surface area contributed by atoms with Crippen molar-refractivity contribution in [2.45, 2.75) is 32.6 Å². The van der Waals surface area contributed by atoms with E-state index in [1.165, 1.54) is 11.6 Å². The van der Waals surface area contributed by atoms with Crippen molar-refractivity contribution in [3.8, 4) is 11.5 Å². The second-order valence-electron chi connectivity index (χ2n) is 7.40. The number of esters is 1. The average Bonchev–Trinajstić information content (AvgIpc) is 2.66. The second-order valence-corrected chi connectivity index (χ2v) is 7.40. The first-order valence-corrected chi connectivity index (χ1v) is 9.17. The maximum Gasteiger partial charge on any atom is 0.338 e. The summed E-state index contributed by atoms with van der Waals surface area (Å²) in [7, 11) is 0. The van der Waals surface area contributed by atoms with Crippen molar-refractivity contribution in [1.29, 1.82) is 0 Å². The van der Waals surface area contributed by atoms with Crippen molar-refractivity contribution >= 4 is 11.9 Å². The summed E-state index contributed by atoms with van der Waals surface area (Å²) in [6.45, 7) is 6.94. The molecule has 0 atom stereocenters. The summed E-state index contributed by atoms with van der Waals surface area (Å²) < 4.78 is 16.1. The molecule has 0 aliphatic rings. The van der Waals surface area contributed by atoms with E-state index in [0.29, 0.717) is 24.3 Å². The number of benzene rings is 2. The molecule has 2 N–H and O–H groups in total. The minimum Gasteiger partial charge on any atom is -0.493 e. The highest BCUT2D eigenvalue weighted by atomic mass is 16.5. The molecule has 0 heterocycles. The summed E-state index contributed by atoms with van der Waals surface area (Å²) in [6.07, 6.45) is 0.574. The summed E-state index contributed by atoms with van der Waals surface area (Å²) in [5, 5.41) is 0. The number of carbonyl (C=O) groups is 2. The maximum atomic E-state index is 12.1. The van der Waals surface area contributed by atoms with Gasteiger partial charge in [0.15, 0.2) is 6.61 Å². The number of hydrogen-bond acceptors (Lipinski definition) is 5. The van der Waals surface area contributed by atoms with Gasteiger partial charge in [0, 0.05) is 6.42 Å². The third kappa shape index (κ3) is 6.95. The predicted octanol–water partition coefficient (Wildman–Crippen LogP) is 3.47. The number of amides is 1. The highest BCUT2D eigenvalue weighted by Crippen LogP contribution is 2.24. The van der Waals surface area contributed by atoms with Crippen LogP contribution in [0.2, 0.25) is 0 Å². The average molecular weight is 385 g/mol. The first kappa shape index (κ1) is 21.3. The minimum atomic E-state index is -0.582. The van der Waals surface area contributed by atoms with E-state index in [1.54, 1.807) is 18.2 Å². The van der Waals surface area contributed by atoms with Gasteiger partial charge in [-0.05, 0) is 41.3 Å². The molecular formula is C22H27NO5. The zero-order valence-electron chi connectivity index (χ0n) is 16.6. The van der Waals surface area contributed by atoms with Gasteiger partial charge >= 0.3 is 5.97 Å². The van der Waals surface area contributed by atoms with Crippen LogP contribution in [-0.4, -0.2) is 31.7 Å². The molecule has 1 amide bonds. The Morgan fingerprint density at radius 2 is 1.64 bits per heavy atom. The Balaban J connectivity index is 1.72. The van der Waals surface area contributed by atoms with E-state index in [2.05, 4.69) is 32.9 Å². The van der Waals surface area contributed by atoms with E-state index in [9.17, 15) is 9.59 Å². The lowest BCUT2D eigenvalue weighted by molar-refractivity contribution is -0.119. The monoisotopic (exact) mass is 385 g/mol. The molecule has 0 saturated heterocycles. The number of primary amides is 1. The summed E-state index contributed by atoms with van der Waals surface area (Å²) in [6, 6.07) is 14.4. The van der Waals surface area contributed by atoms with Crippen molar-refractivity contribution in [3.63, 3.8) is 0 Å². The normalized spacial score (nSPS) is 11.0. The van der Waals surface area contributed by atoms with Crippen molar-refractivity contribution < 1.29 is 23.8 Å². The van der Waals surface area contributed by atoms with Gasteiger partial charge in [-0.1, -0.05) is 39.0 Å². The topological polar surface area (TPSA) is 87.8 Å². The van der Waals surface area contributed by atoms with Crippen LogP contribution < -0.4 is 15.2 Å². The first-order valence-electron chi connectivity index (χ1n) is 9.17. The molecule has 28 heavy (non-hydrogen) atoms. The summed E-state index contributed by atoms with van der Waals surface area (Å²) >= 11 is 0. The Kier molecular flexibility index (Phi) is 7.44. The molecule has 6 heteroatoms. The van der Waals surface area contributed by atoms with Crippen LogP contribution in [-0.2, 0) is 14.9 Å². The molecule has 0 fully saturated rings. The SMILES string of the molecule is CC(C)(C)c1ccc(OCCCOC(=O)c2cccc(OCC(N)=O)c2)cc1. The van der Waals surface area contributed by atoms with E-state index in [-0.39, 0.29) is 18.6 Å². The van der Waals surface area contributed by atoms with Gasteiger partial charge < -0.3 is 19.9 Å². The van der Waals surface area contributed by atoms with Gasteiger partial charge in [-0.2, -0.15) is 0 Å². The minimum absolute atomic E-state index is 0.106. The number of nitrogens with two attached hydrogens (primary N) is 1. The van der Waals surface area contributed by atoms with E-state index in [1.807, 2.05) is 12.1 Å². The fourth-order valence-electron chi connectivity index (χ4n) is 2.42. The van der Waals surface area contributed by atoms with Crippen LogP contribution in [0.5, 0.6) is 11.5 Å². The standard InChI is InChI=1S/C22H27NO5/c1-22(2,3)17-8-10-18(11-9-17)26-12-5-13-27-21(25)16-6-4-7-19(14-16)28-15-20(23)24/h4,6-11,14H,5,12-13,15H2,1-3H3,(H2,23,24). The third-order valence-corrected chi connectivity index (χ3v) is 3.96. The molecule has 6 nitrogen and oxygen atoms in total. The summed E-state index contributed by atoms with van der Waals surface area (Å²) in [5.74, 6) is 0.133. The van der Waals surface area contributed by atoms with Gasteiger partial charge in [-0.15, -0.1) is 0 Å². The summed E-state index contributed by atoms with van der Waals surface area (Å²) in [4.78, 5) is 22.8. The van der Waals surface area contributed by atoms with Crippen molar-refractivity contribution in [2.24, 2.45) is 5.73 Å². The Morgan fingerprint density at radius 3 is 2.29 bits per heavy atom. The lowest BCUT2D eigenvalue weighted by Gasteiger charge is -2.19. The fraction of sp³-hybridized carbons (Fsp3) is 0.364. The fourth-order valence-corrected chi connectivity index (χ4v) is 2.42. The van der Waals surface area contributed by atoms with Gasteiger partial charge in [0.05, 0.1) is 18.8 Å². The first-order chi connectivity index (χ1) is 13.3. The highest BCUT2D eigenvalue weighted by molar-refractivity contribution is 5.89. The number of hydrogen-bond donors (Lipinski definition) is 1. The summed E-state index contributed by atoms with van der Waals surface area (Å²) in [5.41, 5.74) is 6.73. The van der Waals surface area contributed by atoms with Gasteiger partial charge in [0.2, 0.25) is 0 Å². The molecule has 0 aliphatic carbocycles. The quantitative estimate of drug-likeness (QED) is 0.527. The van der Waals surface area contributed by atoms with Crippen LogP contribution in [0.25, 0.3) is 0 Å². The van der Waals surface area contributed by atoms with Crippen LogP contribution in [0.3, 0.4) is 0 Å². The van der Waals surface area contributed by atoms with Crippen LogP contribution >= 0.6 is 0 Å². The van der Waals surface area contributed by atoms with E-state index in [4.69, 9.17) is 19.9 Å². The van der Waals surface area contributed by atoms with E-state index < -0.39 is 11.9 Å². The number of rotatable bonds is 9. The van der Waals surface area contributed by atoms with Crippen LogP contribution in [0.1, 0.15) is 43.1 Å². The van der Waals surface area contributed by atoms with Crippen LogP contribution in [0, 0.1) is 0 Å². The molecule has 2 aromatic rings. The largest absolute Gasteiger partial charge is 0.493 e. The smallest absolute Gasteiger partial charge is 0.338 e. The molecule has 2 rings (SSSR count). The predicted molar refractivity (Wildman–Crippen MR) is 107 cm³/mol. The van der Waals surface area contributed by atoms with Gasteiger partial charge in [-0.3, -0.25) is 4.79 Å². The Bertz CT molecular complexity index is 793. The Morgan fingerprint density at radius 1 is 0.929 bits per heavy atom. The molecule has 0 spiro atoms. The zero-order valence-corrected chi connectivity index (χ0v) is 16.6. The van der Waals surface area contributed by atoms with Gasteiger partial charge in [0.1, 0.15) is 11.5 Å². The van der Waals surface area contributed by atoms with Crippen LogP contribution in [0.4, 0.5) is 0 Å². The third-order valence-electron chi connectivity index (χ3n) is 3.96. The molecular weight excluding hydrogens is 358 g/mol. The van der Waals surface area contributed by atoms with Crippen LogP contribution in [0.15, 0.2) is 48.5 Å². The molecule has 2 aromatic carbocycles. The molecule has 0 saturated carbocycles. The lowest BCUT2D eigenvalue weighted by atomic mass is 9.87. The van der Waals surface area contributed by atoms with Gasteiger partial charge in [0.25, 0.3) is 5.91 Å². The Hall–Kier alpha value is -3.02. The molecule has 0 aromatic heterocycles. The molecule has 0 aliphatic heterocycles. The van der Waals surface area contributed by atoms with Crippen molar-refractivity contribution in [1.82, 2.24) is 0 Å². The molecule has 0 bridgehead atoms. The number of ether oxygens (including phenoxy) is 3. The zero-order chi connectivity index (χ0) is 20.6. The van der Waals surface area contributed by atoms with Crippen molar-refractivity contribution in [3.05, 3.63) is 59.7 Å².